The van der Waals surface area contributed by atoms with Crippen LogP contribution in [0.2, 0.25) is 0 Å². The van der Waals surface area contributed by atoms with Crippen LogP contribution in [0.3, 0.4) is 0 Å². The smallest absolute Gasteiger partial charge is 0.152 e. The largest absolute Gasteiger partial charge is 0.392 e. The predicted octanol–water partition coefficient (Wildman–Crippen LogP) is 0.170. The van der Waals surface area contributed by atoms with Crippen LogP contribution in [0.25, 0.3) is 0 Å². The Labute approximate surface area is 86.6 Å². The fraction of sp³-hybridized carbons (Fsp3) is 1.00. The standard InChI is InChI=1S/C9H21NO3S/c1-4-10-7-9(11)5-6-14(12,13)8(2)3/h8-11H,4-7H2,1-3H3. The van der Waals surface area contributed by atoms with Gasteiger partial charge in [0.2, 0.25) is 0 Å². The highest BCUT2D eigenvalue weighted by molar-refractivity contribution is 7.91. The number of rotatable bonds is 7. The predicted molar refractivity (Wildman–Crippen MR) is 58.1 cm³/mol. The maximum absolute atomic E-state index is 11.4. The summed E-state index contributed by atoms with van der Waals surface area (Å²) in [5, 5.41) is 12.0. The quantitative estimate of drug-likeness (QED) is 0.646. The first-order chi connectivity index (χ1) is 6.40. The Morgan fingerprint density at radius 3 is 2.36 bits per heavy atom. The third-order valence-electron chi connectivity index (χ3n) is 2.08. The Hall–Kier alpha value is -0.130. The molecule has 0 saturated heterocycles. The van der Waals surface area contributed by atoms with Crippen LogP contribution >= 0.6 is 0 Å². The van der Waals surface area contributed by atoms with Crippen molar-refractivity contribution in [3.05, 3.63) is 0 Å². The van der Waals surface area contributed by atoms with Gasteiger partial charge < -0.3 is 10.4 Å². The molecule has 0 saturated carbocycles. The van der Waals surface area contributed by atoms with Crippen molar-refractivity contribution in [1.82, 2.24) is 5.32 Å². The van der Waals surface area contributed by atoms with E-state index in [1.54, 1.807) is 13.8 Å². The normalized spacial score (nSPS) is 14.6. The third kappa shape index (κ3) is 5.57. The third-order valence-corrected chi connectivity index (χ3v) is 4.32. The van der Waals surface area contributed by atoms with E-state index in [-0.39, 0.29) is 11.0 Å². The summed E-state index contributed by atoms with van der Waals surface area (Å²) in [5.74, 6) is 0.0667. The molecule has 1 unspecified atom stereocenters. The molecule has 0 aromatic carbocycles. The fourth-order valence-electron chi connectivity index (χ4n) is 0.949. The summed E-state index contributed by atoms with van der Waals surface area (Å²) in [4.78, 5) is 0. The Kier molecular flexibility index (Phi) is 6.31. The molecule has 1 atom stereocenters. The van der Waals surface area contributed by atoms with Crippen LogP contribution in [0.15, 0.2) is 0 Å². The van der Waals surface area contributed by atoms with Crippen molar-refractivity contribution in [2.75, 3.05) is 18.8 Å². The molecule has 0 aliphatic carbocycles. The molecule has 0 aromatic rings. The minimum atomic E-state index is -3.01. The number of nitrogens with one attached hydrogen (secondary N) is 1. The van der Waals surface area contributed by atoms with Crippen molar-refractivity contribution in [3.63, 3.8) is 0 Å². The molecule has 0 spiro atoms. The molecule has 0 amide bonds. The molecule has 86 valence electrons. The average Bonchev–Trinajstić information content (AvgIpc) is 2.11. The summed E-state index contributed by atoms with van der Waals surface area (Å²) in [6.45, 7) is 6.51. The van der Waals surface area contributed by atoms with Crippen molar-refractivity contribution in [1.29, 1.82) is 0 Å². The van der Waals surface area contributed by atoms with E-state index >= 15 is 0 Å². The molecule has 0 bridgehead atoms. The van der Waals surface area contributed by atoms with Crippen LogP contribution in [0.1, 0.15) is 27.2 Å². The lowest BCUT2D eigenvalue weighted by Gasteiger charge is -2.12. The number of aliphatic hydroxyl groups excluding tert-OH is 1. The van der Waals surface area contributed by atoms with Crippen molar-refractivity contribution in [2.45, 2.75) is 38.5 Å². The Bertz CT molecular complexity index is 236. The Morgan fingerprint density at radius 1 is 1.36 bits per heavy atom. The molecule has 0 aromatic heterocycles. The van der Waals surface area contributed by atoms with Crippen LogP contribution in [-0.2, 0) is 9.84 Å². The summed E-state index contributed by atoms with van der Waals surface area (Å²) in [6.07, 6.45) is -0.253. The molecule has 0 aliphatic heterocycles. The average molecular weight is 223 g/mol. The van der Waals surface area contributed by atoms with Crippen LogP contribution < -0.4 is 5.32 Å². The lowest BCUT2D eigenvalue weighted by atomic mass is 10.3. The van der Waals surface area contributed by atoms with Gasteiger partial charge in [0.15, 0.2) is 9.84 Å². The van der Waals surface area contributed by atoms with Crippen molar-refractivity contribution < 1.29 is 13.5 Å². The Morgan fingerprint density at radius 2 is 1.93 bits per heavy atom. The van der Waals surface area contributed by atoms with Gasteiger partial charge in [-0.05, 0) is 26.8 Å². The lowest BCUT2D eigenvalue weighted by molar-refractivity contribution is 0.169. The molecular formula is C9H21NO3S. The van der Waals surface area contributed by atoms with Gasteiger partial charge in [-0.2, -0.15) is 0 Å². The molecule has 4 nitrogen and oxygen atoms in total. The molecular weight excluding hydrogens is 202 g/mol. The molecule has 5 heteroatoms. The zero-order valence-electron chi connectivity index (χ0n) is 9.16. The summed E-state index contributed by atoms with van der Waals surface area (Å²) in [6, 6.07) is 0. The highest BCUT2D eigenvalue weighted by atomic mass is 32.2. The first-order valence-corrected chi connectivity index (χ1v) is 6.72. The summed E-state index contributed by atoms with van der Waals surface area (Å²) in [5.41, 5.74) is 0. The van der Waals surface area contributed by atoms with Gasteiger partial charge in [-0.25, -0.2) is 8.42 Å². The van der Waals surface area contributed by atoms with Gasteiger partial charge in [-0.3, -0.25) is 0 Å². The van der Waals surface area contributed by atoms with Gasteiger partial charge in [-0.15, -0.1) is 0 Å². The van der Waals surface area contributed by atoms with Crippen LogP contribution in [0, 0.1) is 0 Å². The summed E-state index contributed by atoms with van der Waals surface area (Å²) in [7, 11) is -3.01. The molecule has 0 radical (unpaired) electrons. The minimum Gasteiger partial charge on any atom is -0.392 e. The van der Waals surface area contributed by atoms with E-state index < -0.39 is 15.9 Å². The van der Waals surface area contributed by atoms with Crippen LogP contribution in [0.5, 0.6) is 0 Å². The van der Waals surface area contributed by atoms with Gasteiger partial charge in [0.25, 0.3) is 0 Å². The number of sulfone groups is 1. The van der Waals surface area contributed by atoms with Gasteiger partial charge >= 0.3 is 0 Å². The number of hydrogen-bond donors (Lipinski definition) is 2. The Balaban J connectivity index is 3.82. The highest BCUT2D eigenvalue weighted by Gasteiger charge is 2.17. The van der Waals surface area contributed by atoms with E-state index in [2.05, 4.69) is 5.32 Å². The number of likely N-dealkylation sites (N-methyl/N-ethyl adjacent to an activating group) is 1. The monoisotopic (exact) mass is 223 g/mol. The summed E-state index contributed by atoms with van der Waals surface area (Å²) < 4.78 is 22.8. The second kappa shape index (κ2) is 6.37. The van der Waals surface area contributed by atoms with Gasteiger partial charge in [0.1, 0.15) is 0 Å². The molecule has 0 heterocycles. The first-order valence-electron chi connectivity index (χ1n) is 5.00. The number of aliphatic hydroxyl groups is 1. The second-order valence-electron chi connectivity index (χ2n) is 3.67. The zero-order valence-corrected chi connectivity index (χ0v) is 9.97. The van der Waals surface area contributed by atoms with E-state index in [1.807, 2.05) is 6.92 Å². The van der Waals surface area contributed by atoms with E-state index in [0.717, 1.165) is 6.54 Å². The van der Waals surface area contributed by atoms with Crippen LogP contribution in [0.4, 0.5) is 0 Å². The van der Waals surface area contributed by atoms with Gasteiger partial charge in [0, 0.05) is 6.54 Å². The first kappa shape index (κ1) is 13.9. The minimum absolute atomic E-state index is 0.0667. The van der Waals surface area contributed by atoms with E-state index in [4.69, 9.17) is 0 Å². The fourth-order valence-corrected chi connectivity index (χ4v) is 2.02. The van der Waals surface area contributed by atoms with Gasteiger partial charge in [-0.1, -0.05) is 6.92 Å². The van der Waals surface area contributed by atoms with E-state index in [1.165, 1.54) is 0 Å². The SMILES string of the molecule is CCNCC(O)CCS(=O)(=O)C(C)C. The topological polar surface area (TPSA) is 66.4 Å². The maximum Gasteiger partial charge on any atom is 0.152 e. The van der Waals surface area contributed by atoms with Crippen molar-refractivity contribution >= 4 is 9.84 Å². The van der Waals surface area contributed by atoms with Crippen molar-refractivity contribution in [2.24, 2.45) is 0 Å². The highest BCUT2D eigenvalue weighted by Crippen LogP contribution is 2.04. The molecule has 2 N–H and O–H groups in total. The zero-order chi connectivity index (χ0) is 11.2. The molecule has 0 fully saturated rings. The molecule has 0 aliphatic rings. The summed E-state index contributed by atoms with van der Waals surface area (Å²) >= 11 is 0. The van der Waals surface area contributed by atoms with Gasteiger partial charge in [0.05, 0.1) is 17.1 Å². The van der Waals surface area contributed by atoms with Crippen molar-refractivity contribution in [3.8, 4) is 0 Å². The lowest BCUT2D eigenvalue weighted by Crippen LogP contribution is -2.29. The maximum atomic E-state index is 11.4. The second-order valence-corrected chi connectivity index (χ2v) is 6.34. The molecule has 0 rings (SSSR count). The van der Waals surface area contributed by atoms with E-state index in [0.29, 0.717) is 13.0 Å². The number of hydrogen-bond acceptors (Lipinski definition) is 4. The van der Waals surface area contributed by atoms with E-state index in [9.17, 15) is 13.5 Å². The van der Waals surface area contributed by atoms with Crippen LogP contribution in [-0.4, -0.2) is 43.7 Å². The molecule has 14 heavy (non-hydrogen) atoms.